The van der Waals surface area contributed by atoms with Gasteiger partial charge in [-0.2, -0.15) is 0 Å². The summed E-state index contributed by atoms with van der Waals surface area (Å²) < 4.78 is 6.29. The van der Waals surface area contributed by atoms with Gasteiger partial charge in [-0.05, 0) is 30.7 Å². The van der Waals surface area contributed by atoms with Crippen LogP contribution in [-0.2, 0) is 0 Å². The Morgan fingerprint density at radius 3 is 2.40 bits per heavy atom. The van der Waals surface area contributed by atoms with Crippen molar-refractivity contribution in [2.75, 3.05) is 0 Å². The molecule has 2 aromatic rings. The summed E-state index contributed by atoms with van der Waals surface area (Å²) in [6.07, 6.45) is 1.67. The van der Waals surface area contributed by atoms with Crippen molar-refractivity contribution in [3.63, 3.8) is 0 Å². The minimum Gasteiger partial charge on any atom is -0.469 e. The predicted octanol–water partition coefficient (Wildman–Crippen LogP) is 4.68. The molecule has 1 unspecified atom stereocenters. The Kier molecular flexibility index (Phi) is 3.17. The van der Waals surface area contributed by atoms with Crippen LogP contribution in [0.15, 0.2) is 45.5 Å². The van der Waals surface area contributed by atoms with E-state index in [9.17, 15) is 0 Å². The summed E-state index contributed by atoms with van der Waals surface area (Å²) in [7, 11) is 0. The molecule has 1 heterocycles. The second-order valence-corrected chi connectivity index (χ2v) is 4.70. The zero-order valence-electron chi connectivity index (χ0n) is 8.21. The summed E-state index contributed by atoms with van der Waals surface area (Å²) in [5.74, 6) is 0.873. The first-order valence-electron chi connectivity index (χ1n) is 4.62. The average Bonchev–Trinajstić information content (AvgIpc) is 2.65. The van der Waals surface area contributed by atoms with Gasteiger partial charge in [-0.1, -0.05) is 28.1 Å². The maximum atomic E-state index is 6.36. The second-order valence-electron chi connectivity index (χ2n) is 3.35. The first-order valence-corrected chi connectivity index (χ1v) is 5.85. The molecule has 1 nitrogen and oxygen atoms in total. The SMILES string of the molecule is Cc1occc1C(Cl)c1ccc(Br)cc1. The van der Waals surface area contributed by atoms with Crippen LogP contribution in [0, 0.1) is 6.92 Å². The van der Waals surface area contributed by atoms with Crippen LogP contribution in [0.2, 0.25) is 0 Å². The first-order chi connectivity index (χ1) is 7.18. The lowest BCUT2D eigenvalue weighted by Gasteiger charge is -2.08. The second kappa shape index (κ2) is 4.42. The van der Waals surface area contributed by atoms with E-state index in [1.807, 2.05) is 37.3 Å². The average molecular weight is 286 g/mol. The zero-order valence-corrected chi connectivity index (χ0v) is 10.5. The van der Waals surface area contributed by atoms with Gasteiger partial charge in [-0.3, -0.25) is 0 Å². The molecular weight excluding hydrogens is 275 g/mol. The maximum Gasteiger partial charge on any atom is 0.105 e. The van der Waals surface area contributed by atoms with E-state index in [0.29, 0.717) is 0 Å². The van der Waals surface area contributed by atoms with Gasteiger partial charge in [0.05, 0.1) is 11.6 Å². The highest BCUT2D eigenvalue weighted by Crippen LogP contribution is 2.31. The summed E-state index contributed by atoms with van der Waals surface area (Å²) >= 11 is 9.75. The fourth-order valence-electron chi connectivity index (χ4n) is 1.47. The standard InChI is InChI=1S/C12H10BrClO/c1-8-11(6-7-15-8)12(14)9-2-4-10(13)5-3-9/h2-7,12H,1H3. The van der Waals surface area contributed by atoms with Crippen molar-refractivity contribution in [1.29, 1.82) is 0 Å². The number of halogens is 2. The molecule has 0 fully saturated rings. The summed E-state index contributed by atoms with van der Waals surface area (Å²) in [4.78, 5) is 0. The molecule has 0 bridgehead atoms. The highest BCUT2D eigenvalue weighted by atomic mass is 79.9. The lowest BCUT2D eigenvalue weighted by atomic mass is 10.1. The molecule has 0 N–H and O–H groups in total. The van der Waals surface area contributed by atoms with Gasteiger partial charge >= 0.3 is 0 Å². The molecule has 0 saturated carbocycles. The molecule has 1 aromatic carbocycles. The molecular formula is C12H10BrClO. The molecule has 0 radical (unpaired) electrons. The van der Waals surface area contributed by atoms with Crippen LogP contribution in [0.25, 0.3) is 0 Å². The Balaban J connectivity index is 2.32. The van der Waals surface area contributed by atoms with Crippen LogP contribution in [-0.4, -0.2) is 0 Å². The first kappa shape index (κ1) is 10.8. The molecule has 1 atom stereocenters. The number of hydrogen-bond acceptors (Lipinski definition) is 1. The number of alkyl halides is 1. The third kappa shape index (κ3) is 2.27. The maximum absolute atomic E-state index is 6.36. The third-order valence-corrected chi connectivity index (χ3v) is 3.35. The van der Waals surface area contributed by atoms with E-state index < -0.39 is 0 Å². The Morgan fingerprint density at radius 1 is 1.20 bits per heavy atom. The Labute approximate surface area is 102 Å². The highest BCUT2D eigenvalue weighted by molar-refractivity contribution is 9.10. The lowest BCUT2D eigenvalue weighted by Crippen LogP contribution is -1.92. The normalized spacial score (nSPS) is 12.7. The van der Waals surface area contributed by atoms with E-state index in [-0.39, 0.29) is 5.38 Å². The van der Waals surface area contributed by atoms with E-state index in [1.165, 1.54) is 0 Å². The largest absolute Gasteiger partial charge is 0.469 e. The molecule has 2 rings (SSSR count). The number of furan rings is 1. The smallest absolute Gasteiger partial charge is 0.105 e. The molecule has 0 aliphatic carbocycles. The Bertz CT molecular complexity index is 447. The Hall–Kier alpha value is -0.730. The van der Waals surface area contributed by atoms with Crippen molar-refractivity contribution in [1.82, 2.24) is 0 Å². The van der Waals surface area contributed by atoms with Gasteiger partial charge < -0.3 is 4.42 Å². The van der Waals surface area contributed by atoms with Crippen molar-refractivity contribution in [2.45, 2.75) is 12.3 Å². The number of hydrogen-bond donors (Lipinski definition) is 0. The van der Waals surface area contributed by atoms with Crippen molar-refractivity contribution in [3.05, 3.63) is 58.0 Å². The van der Waals surface area contributed by atoms with Gasteiger partial charge in [0.25, 0.3) is 0 Å². The van der Waals surface area contributed by atoms with Crippen molar-refractivity contribution in [2.24, 2.45) is 0 Å². The van der Waals surface area contributed by atoms with Gasteiger partial charge in [0.1, 0.15) is 5.76 Å². The summed E-state index contributed by atoms with van der Waals surface area (Å²) in [5.41, 5.74) is 2.10. The van der Waals surface area contributed by atoms with Crippen molar-refractivity contribution in [3.8, 4) is 0 Å². The van der Waals surface area contributed by atoms with Gasteiger partial charge in [0.15, 0.2) is 0 Å². The van der Waals surface area contributed by atoms with Crippen LogP contribution in [0.5, 0.6) is 0 Å². The molecule has 0 saturated heterocycles. The summed E-state index contributed by atoms with van der Waals surface area (Å²) in [6.45, 7) is 1.92. The van der Waals surface area contributed by atoms with Gasteiger partial charge in [-0.25, -0.2) is 0 Å². The van der Waals surface area contributed by atoms with E-state index in [2.05, 4.69) is 15.9 Å². The summed E-state index contributed by atoms with van der Waals surface area (Å²) in [5, 5.41) is -0.142. The van der Waals surface area contributed by atoms with Gasteiger partial charge in [0, 0.05) is 10.0 Å². The monoisotopic (exact) mass is 284 g/mol. The van der Waals surface area contributed by atoms with Gasteiger partial charge in [-0.15, -0.1) is 11.6 Å². The fraction of sp³-hybridized carbons (Fsp3) is 0.167. The molecule has 0 spiro atoms. The molecule has 1 aromatic heterocycles. The summed E-state index contributed by atoms with van der Waals surface area (Å²) in [6, 6.07) is 9.90. The van der Waals surface area contributed by atoms with Crippen molar-refractivity contribution < 1.29 is 4.42 Å². The molecule has 15 heavy (non-hydrogen) atoms. The fourth-order valence-corrected chi connectivity index (χ4v) is 2.11. The van der Waals surface area contributed by atoms with Crippen molar-refractivity contribution >= 4 is 27.5 Å². The van der Waals surface area contributed by atoms with Crippen LogP contribution in [0.4, 0.5) is 0 Å². The lowest BCUT2D eigenvalue weighted by molar-refractivity contribution is 0.530. The van der Waals surface area contributed by atoms with E-state index in [4.69, 9.17) is 16.0 Å². The molecule has 3 heteroatoms. The number of aryl methyl sites for hydroxylation is 1. The minimum absolute atomic E-state index is 0.142. The zero-order chi connectivity index (χ0) is 10.8. The molecule has 0 aliphatic rings. The van der Waals surface area contributed by atoms with E-state index in [1.54, 1.807) is 6.26 Å². The molecule has 78 valence electrons. The quantitative estimate of drug-likeness (QED) is 0.730. The third-order valence-electron chi connectivity index (χ3n) is 2.33. The predicted molar refractivity (Wildman–Crippen MR) is 65.3 cm³/mol. The van der Waals surface area contributed by atoms with Crippen LogP contribution < -0.4 is 0 Å². The van der Waals surface area contributed by atoms with Gasteiger partial charge in [0.2, 0.25) is 0 Å². The van der Waals surface area contributed by atoms with Crippen LogP contribution in [0.1, 0.15) is 22.3 Å². The van der Waals surface area contributed by atoms with Crippen LogP contribution in [0.3, 0.4) is 0 Å². The minimum atomic E-state index is -0.142. The number of benzene rings is 1. The highest BCUT2D eigenvalue weighted by Gasteiger charge is 2.14. The number of rotatable bonds is 2. The molecule has 0 amide bonds. The van der Waals surface area contributed by atoms with Crippen LogP contribution >= 0.6 is 27.5 Å². The van der Waals surface area contributed by atoms with E-state index >= 15 is 0 Å². The topological polar surface area (TPSA) is 13.1 Å². The van der Waals surface area contributed by atoms with E-state index in [0.717, 1.165) is 21.4 Å². The Morgan fingerprint density at radius 2 is 1.87 bits per heavy atom. The molecule has 0 aliphatic heterocycles.